The van der Waals surface area contributed by atoms with E-state index in [1.807, 2.05) is 54.6 Å². The first kappa shape index (κ1) is 13.6. The minimum absolute atomic E-state index is 0.00931. The van der Waals surface area contributed by atoms with E-state index >= 15 is 0 Å². The Balaban J connectivity index is 2.08. The first-order valence-corrected chi connectivity index (χ1v) is 7.81. The lowest BCUT2D eigenvalue weighted by molar-refractivity contribution is 0.278. The molecule has 0 unspecified atom stereocenters. The number of aliphatic hydroxyl groups excluding tert-OH is 1. The van der Waals surface area contributed by atoms with E-state index in [2.05, 4.69) is 20.9 Å². The Bertz CT molecular complexity index is 760. The Kier molecular flexibility index (Phi) is 4.05. The quantitative estimate of drug-likeness (QED) is 0.750. The predicted molar refractivity (Wildman–Crippen MR) is 85.9 cm³/mol. The number of benzene rings is 2. The van der Waals surface area contributed by atoms with Gasteiger partial charge in [0.15, 0.2) is 0 Å². The van der Waals surface area contributed by atoms with Gasteiger partial charge < -0.3 is 5.11 Å². The average molecular weight is 346 g/mol. The van der Waals surface area contributed by atoms with Crippen molar-refractivity contribution < 1.29 is 5.11 Å². The summed E-state index contributed by atoms with van der Waals surface area (Å²) >= 11 is 5.10. The molecule has 3 rings (SSSR count). The molecule has 0 radical (unpaired) electrons. The van der Waals surface area contributed by atoms with Crippen LogP contribution in [0.5, 0.6) is 0 Å². The van der Waals surface area contributed by atoms with Crippen molar-refractivity contribution in [1.29, 1.82) is 0 Å². The van der Waals surface area contributed by atoms with Crippen LogP contribution >= 0.6 is 27.7 Å². The molecule has 0 aliphatic rings. The van der Waals surface area contributed by atoms with Crippen LogP contribution in [0.15, 0.2) is 69.0 Å². The number of para-hydroxylation sites is 1. The molecule has 2 aromatic carbocycles. The molecule has 1 aromatic heterocycles. The van der Waals surface area contributed by atoms with Crippen LogP contribution in [0.25, 0.3) is 10.9 Å². The second-order valence-corrected chi connectivity index (χ2v) is 6.22. The maximum absolute atomic E-state index is 9.56. The largest absolute Gasteiger partial charge is 0.392 e. The number of aromatic nitrogens is 1. The lowest BCUT2D eigenvalue weighted by atomic mass is 10.2. The van der Waals surface area contributed by atoms with Crippen LogP contribution in [0, 0.1) is 0 Å². The molecular weight excluding hydrogens is 334 g/mol. The van der Waals surface area contributed by atoms with Gasteiger partial charge >= 0.3 is 0 Å². The number of aliphatic hydroxyl groups is 1. The van der Waals surface area contributed by atoms with Crippen LogP contribution in [0.1, 0.15) is 5.56 Å². The van der Waals surface area contributed by atoms with Crippen molar-refractivity contribution >= 4 is 38.6 Å². The molecule has 0 aliphatic heterocycles. The first-order valence-electron chi connectivity index (χ1n) is 6.20. The van der Waals surface area contributed by atoms with Gasteiger partial charge in [0.2, 0.25) is 0 Å². The van der Waals surface area contributed by atoms with Gasteiger partial charge in [-0.1, -0.05) is 42.1 Å². The van der Waals surface area contributed by atoms with E-state index in [1.165, 1.54) is 0 Å². The van der Waals surface area contributed by atoms with Crippen molar-refractivity contribution in [2.45, 2.75) is 16.5 Å². The van der Waals surface area contributed by atoms with Crippen LogP contribution in [-0.4, -0.2) is 10.1 Å². The molecule has 0 atom stereocenters. The SMILES string of the molecule is OCc1cc2ccccc2nc1Sc1ccccc1Br. The van der Waals surface area contributed by atoms with E-state index in [9.17, 15) is 5.11 Å². The van der Waals surface area contributed by atoms with Crippen LogP contribution in [0.3, 0.4) is 0 Å². The fourth-order valence-corrected chi connectivity index (χ4v) is 3.42. The van der Waals surface area contributed by atoms with E-state index in [0.717, 1.165) is 30.9 Å². The molecule has 0 amide bonds. The number of nitrogens with zero attached hydrogens (tertiary/aromatic N) is 1. The average Bonchev–Trinajstić information content (AvgIpc) is 2.49. The molecular formula is C16H12BrNOS. The molecule has 0 fully saturated rings. The Labute approximate surface area is 130 Å². The minimum atomic E-state index is -0.00931. The van der Waals surface area contributed by atoms with Crippen LogP contribution in [0.2, 0.25) is 0 Å². The van der Waals surface area contributed by atoms with E-state index in [1.54, 1.807) is 11.8 Å². The molecule has 4 heteroatoms. The molecule has 100 valence electrons. The molecule has 0 bridgehead atoms. The topological polar surface area (TPSA) is 33.1 Å². The lowest BCUT2D eigenvalue weighted by Gasteiger charge is -2.09. The molecule has 3 aromatic rings. The summed E-state index contributed by atoms with van der Waals surface area (Å²) in [6.07, 6.45) is 0. The smallest absolute Gasteiger partial charge is 0.107 e. The molecule has 0 spiro atoms. The Morgan fingerprint density at radius 2 is 1.80 bits per heavy atom. The highest BCUT2D eigenvalue weighted by Crippen LogP contribution is 2.35. The third-order valence-electron chi connectivity index (χ3n) is 2.98. The highest BCUT2D eigenvalue weighted by Gasteiger charge is 2.09. The van der Waals surface area contributed by atoms with Gasteiger partial charge in [0.25, 0.3) is 0 Å². The zero-order chi connectivity index (χ0) is 13.9. The maximum atomic E-state index is 9.56. The summed E-state index contributed by atoms with van der Waals surface area (Å²) in [5.74, 6) is 0. The fourth-order valence-electron chi connectivity index (χ4n) is 1.98. The number of hydrogen-bond donors (Lipinski definition) is 1. The Hall–Kier alpha value is -1.36. The van der Waals surface area contributed by atoms with E-state index < -0.39 is 0 Å². The summed E-state index contributed by atoms with van der Waals surface area (Å²) < 4.78 is 1.03. The monoisotopic (exact) mass is 345 g/mol. The second kappa shape index (κ2) is 5.95. The summed E-state index contributed by atoms with van der Waals surface area (Å²) in [5.41, 5.74) is 1.80. The summed E-state index contributed by atoms with van der Waals surface area (Å²) in [6, 6.07) is 18.0. The maximum Gasteiger partial charge on any atom is 0.107 e. The Morgan fingerprint density at radius 1 is 1.05 bits per heavy atom. The zero-order valence-electron chi connectivity index (χ0n) is 10.6. The first-order chi connectivity index (χ1) is 9.78. The second-order valence-electron chi connectivity index (χ2n) is 4.34. The van der Waals surface area contributed by atoms with Crippen molar-refractivity contribution in [3.05, 3.63) is 64.6 Å². The van der Waals surface area contributed by atoms with E-state index in [0.29, 0.717) is 0 Å². The van der Waals surface area contributed by atoms with Gasteiger partial charge in [0, 0.05) is 20.3 Å². The number of rotatable bonds is 3. The summed E-state index contributed by atoms with van der Waals surface area (Å²) in [7, 11) is 0. The van der Waals surface area contributed by atoms with Gasteiger partial charge in [-0.3, -0.25) is 0 Å². The predicted octanol–water partition coefficient (Wildman–Crippen LogP) is 4.64. The summed E-state index contributed by atoms with van der Waals surface area (Å²) in [6.45, 7) is -0.00931. The third-order valence-corrected chi connectivity index (χ3v) is 5.05. The molecule has 0 aliphatic carbocycles. The van der Waals surface area contributed by atoms with Crippen molar-refractivity contribution in [3.8, 4) is 0 Å². The zero-order valence-corrected chi connectivity index (χ0v) is 13.0. The summed E-state index contributed by atoms with van der Waals surface area (Å²) in [5, 5.41) is 11.5. The van der Waals surface area contributed by atoms with Crippen molar-refractivity contribution in [2.24, 2.45) is 0 Å². The number of halogens is 1. The molecule has 1 heterocycles. The van der Waals surface area contributed by atoms with Gasteiger partial charge in [-0.05, 0) is 40.2 Å². The number of pyridine rings is 1. The van der Waals surface area contributed by atoms with E-state index in [-0.39, 0.29) is 6.61 Å². The molecule has 20 heavy (non-hydrogen) atoms. The Morgan fingerprint density at radius 3 is 2.60 bits per heavy atom. The van der Waals surface area contributed by atoms with Crippen LogP contribution in [-0.2, 0) is 6.61 Å². The number of fused-ring (bicyclic) bond motifs is 1. The fraction of sp³-hybridized carbons (Fsp3) is 0.0625. The van der Waals surface area contributed by atoms with E-state index in [4.69, 9.17) is 0 Å². The lowest BCUT2D eigenvalue weighted by Crippen LogP contribution is -1.93. The highest BCUT2D eigenvalue weighted by molar-refractivity contribution is 9.10. The minimum Gasteiger partial charge on any atom is -0.392 e. The van der Waals surface area contributed by atoms with Gasteiger partial charge in [-0.15, -0.1) is 0 Å². The standard InChI is InChI=1S/C16H12BrNOS/c17-13-6-2-4-8-15(13)20-16-12(10-19)9-11-5-1-3-7-14(11)18-16/h1-9,19H,10H2. The molecule has 0 saturated heterocycles. The highest BCUT2D eigenvalue weighted by atomic mass is 79.9. The molecule has 0 saturated carbocycles. The van der Waals surface area contributed by atoms with Gasteiger partial charge in [-0.25, -0.2) is 4.98 Å². The molecule has 1 N–H and O–H groups in total. The van der Waals surface area contributed by atoms with Crippen molar-refractivity contribution in [2.75, 3.05) is 0 Å². The van der Waals surface area contributed by atoms with Gasteiger partial charge in [0.1, 0.15) is 5.03 Å². The van der Waals surface area contributed by atoms with Gasteiger partial charge in [-0.2, -0.15) is 0 Å². The normalized spacial score (nSPS) is 10.9. The van der Waals surface area contributed by atoms with Gasteiger partial charge in [0.05, 0.1) is 12.1 Å². The summed E-state index contributed by atoms with van der Waals surface area (Å²) in [4.78, 5) is 5.75. The van der Waals surface area contributed by atoms with Crippen molar-refractivity contribution in [1.82, 2.24) is 4.98 Å². The van der Waals surface area contributed by atoms with Crippen molar-refractivity contribution in [3.63, 3.8) is 0 Å². The molecule has 2 nitrogen and oxygen atoms in total. The number of hydrogen-bond acceptors (Lipinski definition) is 3. The van der Waals surface area contributed by atoms with Crippen LogP contribution in [0.4, 0.5) is 0 Å². The van der Waals surface area contributed by atoms with Crippen LogP contribution < -0.4 is 0 Å². The third kappa shape index (κ3) is 2.73.